The first-order valence-corrected chi connectivity index (χ1v) is 13.5. The molecule has 3 heteroatoms. The summed E-state index contributed by atoms with van der Waals surface area (Å²) in [6, 6.07) is 44.4. The summed E-state index contributed by atoms with van der Waals surface area (Å²) >= 11 is 0. The molecule has 1 aromatic heterocycles. The number of anilines is 1. The number of nitrogens with zero attached hydrogens (tertiary/aromatic N) is 2. The highest BCUT2D eigenvalue weighted by atomic mass is 16.3. The van der Waals surface area contributed by atoms with Crippen molar-refractivity contribution in [1.29, 1.82) is 0 Å². The lowest BCUT2D eigenvalue weighted by Crippen LogP contribution is -2.35. The van der Waals surface area contributed by atoms with Crippen LogP contribution in [0.4, 0.5) is 5.69 Å². The minimum Gasteiger partial charge on any atom is -0.389 e. The van der Waals surface area contributed by atoms with Gasteiger partial charge in [0.05, 0.1) is 23.9 Å². The maximum atomic E-state index is 11.6. The predicted octanol–water partition coefficient (Wildman–Crippen LogP) is 8.18. The number of rotatable bonds is 9. The average Bonchev–Trinajstić information content (AvgIpc) is 3.32. The third-order valence-corrected chi connectivity index (χ3v) is 7.35. The van der Waals surface area contributed by atoms with E-state index in [1.165, 1.54) is 27.3 Å². The molecule has 0 saturated carbocycles. The largest absolute Gasteiger partial charge is 0.389 e. The molecule has 0 saturated heterocycles. The van der Waals surface area contributed by atoms with Crippen molar-refractivity contribution in [1.82, 2.24) is 4.57 Å². The van der Waals surface area contributed by atoms with E-state index in [4.69, 9.17) is 0 Å². The quantitative estimate of drug-likeness (QED) is 0.200. The molecule has 0 aliphatic rings. The molecule has 0 aliphatic heterocycles. The number of aromatic nitrogens is 1. The predicted molar refractivity (Wildman–Crippen MR) is 165 cm³/mol. The Morgan fingerprint density at radius 2 is 1.31 bits per heavy atom. The SMILES string of the molecule is C=CCN(C[C@@H](O)Cn1c(-c2ccccc2)c(-c2ccccc2)c2ccc3ccccc3c21)c1ccccc1. The third-order valence-electron chi connectivity index (χ3n) is 7.35. The van der Waals surface area contributed by atoms with Gasteiger partial charge in [0.2, 0.25) is 0 Å². The number of fused-ring (bicyclic) bond motifs is 3. The zero-order valence-corrected chi connectivity index (χ0v) is 21.9. The van der Waals surface area contributed by atoms with E-state index in [1.54, 1.807) is 0 Å². The second kappa shape index (κ2) is 11.0. The number of aliphatic hydroxyl groups excluding tert-OH is 1. The normalized spacial score (nSPS) is 12.0. The highest BCUT2D eigenvalue weighted by Gasteiger charge is 2.24. The van der Waals surface area contributed by atoms with Crippen LogP contribution in [0.2, 0.25) is 0 Å². The number of hydrogen-bond donors (Lipinski definition) is 1. The molecule has 0 spiro atoms. The molecule has 0 aliphatic carbocycles. The van der Waals surface area contributed by atoms with Gasteiger partial charge >= 0.3 is 0 Å². The van der Waals surface area contributed by atoms with Crippen LogP contribution >= 0.6 is 0 Å². The Morgan fingerprint density at radius 1 is 0.692 bits per heavy atom. The van der Waals surface area contributed by atoms with Gasteiger partial charge < -0.3 is 14.6 Å². The van der Waals surface area contributed by atoms with Gasteiger partial charge in [-0.1, -0.05) is 121 Å². The first-order chi connectivity index (χ1) is 19.2. The molecule has 6 rings (SSSR count). The maximum absolute atomic E-state index is 11.6. The zero-order chi connectivity index (χ0) is 26.6. The summed E-state index contributed by atoms with van der Waals surface area (Å²) in [6.45, 7) is 5.57. The summed E-state index contributed by atoms with van der Waals surface area (Å²) in [7, 11) is 0. The van der Waals surface area contributed by atoms with Crippen LogP contribution < -0.4 is 4.90 Å². The highest BCUT2D eigenvalue weighted by Crippen LogP contribution is 2.43. The number of hydrogen-bond acceptors (Lipinski definition) is 2. The fourth-order valence-electron chi connectivity index (χ4n) is 5.70. The molecule has 39 heavy (non-hydrogen) atoms. The maximum Gasteiger partial charge on any atom is 0.0893 e. The molecule has 1 atom stereocenters. The fraction of sp³-hybridized carbons (Fsp3) is 0.111. The van der Waals surface area contributed by atoms with Gasteiger partial charge in [-0.25, -0.2) is 0 Å². The Bertz CT molecular complexity index is 1710. The molecule has 0 unspecified atom stereocenters. The fourth-order valence-corrected chi connectivity index (χ4v) is 5.70. The number of aliphatic hydroxyl groups is 1. The molecule has 1 heterocycles. The molecule has 5 aromatic carbocycles. The van der Waals surface area contributed by atoms with Gasteiger partial charge in [-0.3, -0.25) is 0 Å². The topological polar surface area (TPSA) is 28.4 Å². The Labute approximate surface area is 229 Å². The van der Waals surface area contributed by atoms with E-state index in [0.717, 1.165) is 22.5 Å². The molecule has 0 radical (unpaired) electrons. The summed E-state index contributed by atoms with van der Waals surface area (Å²) < 4.78 is 2.34. The monoisotopic (exact) mass is 508 g/mol. The van der Waals surface area contributed by atoms with E-state index < -0.39 is 6.10 Å². The molecular weight excluding hydrogens is 476 g/mol. The van der Waals surface area contributed by atoms with Crippen LogP contribution in [0.25, 0.3) is 44.1 Å². The van der Waals surface area contributed by atoms with Crippen molar-refractivity contribution < 1.29 is 5.11 Å². The Kier molecular flexibility index (Phi) is 6.99. The third kappa shape index (κ3) is 4.85. The highest BCUT2D eigenvalue weighted by molar-refractivity contribution is 6.15. The molecule has 3 nitrogen and oxygen atoms in total. The van der Waals surface area contributed by atoms with Crippen molar-refractivity contribution in [2.75, 3.05) is 18.0 Å². The minimum atomic E-state index is -0.606. The van der Waals surface area contributed by atoms with E-state index in [9.17, 15) is 5.11 Å². The van der Waals surface area contributed by atoms with Crippen molar-refractivity contribution >= 4 is 27.4 Å². The van der Waals surface area contributed by atoms with Gasteiger partial charge in [0.25, 0.3) is 0 Å². The van der Waals surface area contributed by atoms with Crippen LogP contribution in [0.5, 0.6) is 0 Å². The smallest absolute Gasteiger partial charge is 0.0893 e. The van der Waals surface area contributed by atoms with E-state index >= 15 is 0 Å². The van der Waals surface area contributed by atoms with Crippen LogP contribution in [0.3, 0.4) is 0 Å². The summed E-state index contributed by atoms with van der Waals surface area (Å²) in [6.07, 6.45) is 1.28. The van der Waals surface area contributed by atoms with Crippen molar-refractivity contribution in [2.45, 2.75) is 12.6 Å². The van der Waals surface area contributed by atoms with Crippen LogP contribution in [0.1, 0.15) is 0 Å². The first kappa shape index (κ1) is 24.7. The molecule has 1 N–H and O–H groups in total. The van der Waals surface area contributed by atoms with Crippen LogP contribution in [0.15, 0.2) is 140 Å². The van der Waals surface area contributed by atoms with Crippen LogP contribution in [-0.2, 0) is 6.54 Å². The first-order valence-electron chi connectivity index (χ1n) is 13.5. The second-order valence-corrected chi connectivity index (χ2v) is 9.93. The standard InChI is InChI=1S/C36H32N2O/c1-2-24-37(30-19-10-5-11-20-30)25-31(39)26-38-35(29-17-8-4-9-18-29)34(28-15-6-3-7-16-28)33-23-22-27-14-12-13-21-32(27)36(33)38/h2-23,31,39H,1,24-26H2/t31-/m1/s1. The molecular formula is C36H32N2O. The summed E-state index contributed by atoms with van der Waals surface area (Å²) in [5.74, 6) is 0. The Balaban J connectivity index is 1.56. The molecule has 192 valence electrons. The van der Waals surface area contributed by atoms with Gasteiger partial charge in [0, 0.05) is 35.1 Å². The van der Waals surface area contributed by atoms with E-state index in [-0.39, 0.29) is 0 Å². The van der Waals surface area contributed by atoms with Gasteiger partial charge in [0.1, 0.15) is 0 Å². The van der Waals surface area contributed by atoms with Crippen molar-refractivity contribution in [3.8, 4) is 22.4 Å². The van der Waals surface area contributed by atoms with Crippen LogP contribution in [0, 0.1) is 0 Å². The molecule has 0 bridgehead atoms. The second-order valence-electron chi connectivity index (χ2n) is 9.93. The Morgan fingerprint density at radius 3 is 2.00 bits per heavy atom. The Hall–Kier alpha value is -4.60. The number of para-hydroxylation sites is 1. The van der Waals surface area contributed by atoms with Gasteiger partial charge in [-0.2, -0.15) is 0 Å². The van der Waals surface area contributed by atoms with E-state index in [1.807, 2.05) is 24.3 Å². The average molecular weight is 509 g/mol. The zero-order valence-electron chi connectivity index (χ0n) is 21.9. The summed E-state index contributed by atoms with van der Waals surface area (Å²) in [4.78, 5) is 2.18. The van der Waals surface area contributed by atoms with Gasteiger partial charge in [-0.15, -0.1) is 6.58 Å². The summed E-state index contributed by atoms with van der Waals surface area (Å²) in [5, 5.41) is 15.2. The van der Waals surface area contributed by atoms with Gasteiger partial charge in [0.15, 0.2) is 0 Å². The van der Waals surface area contributed by atoms with Gasteiger partial charge in [-0.05, 0) is 28.6 Å². The lowest BCUT2D eigenvalue weighted by molar-refractivity contribution is 0.162. The molecule has 0 fully saturated rings. The molecule has 6 aromatic rings. The molecule has 0 amide bonds. The summed E-state index contributed by atoms with van der Waals surface area (Å²) in [5.41, 5.74) is 6.85. The van der Waals surface area contributed by atoms with Crippen molar-refractivity contribution in [2.24, 2.45) is 0 Å². The van der Waals surface area contributed by atoms with E-state index in [0.29, 0.717) is 19.6 Å². The lowest BCUT2D eigenvalue weighted by atomic mass is 9.97. The minimum absolute atomic E-state index is 0.460. The van der Waals surface area contributed by atoms with Crippen molar-refractivity contribution in [3.63, 3.8) is 0 Å². The van der Waals surface area contributed by atoms with Crippen molar-refractivity contribution in [3.05, 3.63) is 140 Å². The van der Waals surface area contributed by atoms with Crippen LogP contribution in [-0.4, -0.2) is 28.9 Å². The lowest BCUT2D eigenvalue weighted by Gasteiger charge is -2.27. The van der Waals surface area contributed by atoms with E-state index in [2.05, 4.69) is 125 Å². The number of benzene rings is 5.